The summed E-state index contributed by atoms with van der Waals surface area (Å²) in [6.45, 7) is 1.55. The smallest absolute Gasteiger partial charge is 0.326 e. The molecule has 0 saturated carbocycles. The predicted molar refractivity (Wildman–Crippen MR) is 61.5 cm³/mol. The summed E-state index contributed by atoms with van der Waals surface area (Å²) < 4.78 is 0. The molecule has 98 valence electrons. The SMILES string of the molecule is O=C(CC1CCCNC1)NC(CCO)C(=O)O. The number of carboxylic acids is 1. The van der Waals surface area contributed by atoms with Crippen molar-refractivity contribution >= 4 is 11.9 Å². The molecule has 1 rings (SSSR count). The molecule has 6 heteroatoms. The highest BCUT2D eigenvalue weighted by Gasteiger charge is 2.22. The maximum atomic E-state index is 11.6. The molecule has 1 heterocycles. The number of carbonyl (C=O) groups excluding carboxylic acids is 1. The summed E-state index contributed by atoms with van der Waals surface area (Å²) in [5.74, 6) is -1.07. The Hall–Kier alpha value is -1.14. The zero-order valence-electron chi connectivity index (χ0n) is 9.82. The molecule has 1 aliphatic rings. The second-order valence-electron chi connectivity index (χ2n) is 4.39. The van der Waals surface area contributed by atoms with Crippen LogP contribution in [0.15, 0.2) is 0 Å². The van der Waals surface area contributed by atoms with Gasteiger partial charge in [0.25, 0.3) is 0 Å². The van der Waals surface area contributed by atoms with Gasteiger partial charge in [-0.3, -0.25) is 4.79 Å². The number of rotatable bonds is 6. The highest BCUT2D eigenvalue weighted by atomic mass is 16.4. The summed E-state index contributed by atoms with van der Waals surface area (Å²) in [5, 5.41) is 23.2. The van der Waals surface area contributed by atoms with Crippen molar-refractivity contribution in [3.63, 3.8) is 0 Å². The van der Waals surface area contributed by atoms with Crippen LogP contribution in [0.4, 0.5) is 0 Å². The molecule has 0 spiro atoms. The molecule has 1 fully saturated rings. The van der Waals surface area contributed by atoms with Crippen molar-refractivity contribution in [1.82, 2.24) is 10.6 Å². The monoisotopic (exact) mass is 244 g/mol. The molecule has 0 aromatic carbocycles. The number of nitrogens with one attached hydrogen (secondary N) is 2. The zero-order chi connectivity index (χ0) is 12.7. The van der Waals surface area contributed by atoms with Gasteiger partial charge in [0.05, 0.1) is 0 Å². The van der Waals surface area contributed by atoms with E-state index in [0.717, 1.165) is 25.9 Å². The number of aliphatic carboxylic acids is 1. The minimum Gasteiger partial charge on any atom is -0.480 e. The molecule has 1 saturated heterocycles. The molecule has 2 atom stereocenters. The first-order valence-corrected chi connectivity index (χ1v) is 5.97. The van der Waals surface area contributed by atoms with Gasteiger partial charge in [0.1, 0.15) is 6.04 Å². The Morgan fingerprint density at radius 1 is 1.47 bits per heavy atom. The molecule has 4 N–H and O–H groups in total. The standard InChI is InChI=1S/C11H20N2O4/c14-5-3-9(11(16)17)13-10(15)6-8-2-1-4-12-7-8/h8-9,12,14H,1-7H2,(H,13,15)(H,16,17). The number of piperidine rings is 1. The van der Waals surface area contributed by atoms with E-state index in [2.05, 4.69) is 10.6 Å². The first-order chi connectivity index (χ1) is 8.13. The van der Waals surface area contributed by atoms with Gasteiger partial charge in [0.2, 0.25) is 5.91 Å². The fourth-order valence-electron chi connectivity index (χ4n) is 2.00. The second kappa shape index (κ2) is 7.24. The fraction of sp³-hybridized carbons (Fsp3) is 0.818. The Morgan fingerprint density at radius 2 is 2.24 bits per heavy atom. The lowest BCUT2D eigenvalue weighted by atomic mass is 9.96. The van der Waals surface area contributed by atoms with Gasteiger partial charge in [0.15, 0.2) is 0 Å². The molecule has 1 aliphatic heterocycles. The van der Waals surface area contributed by atoms with Crippen molar-refractivity contribution in [2.75, 3.05) is 19.7 Å². The number of carbonyl (C=O) groups is 2. The van der Waals surface area contributed by atoms with Crippen LogP contribution >= 0.6 is 0 Å². The van der Waals surface area contributed by atoms with E-state index < -0.39 is 12.0 Å². The van der Waals surface area contributed by atoms with E-state index >= 15 is 0 Å². The van der Waals surface area contributed by atoms with Gasteiger partial charge in [-0.05, 0) is 31.8 Å². The zero-order valence-corrected chi connectivity index (χ0v) is 9.82. The van der Waals surface area contributed by atoms with Crippen molar-refractivity contribution in [3.05, 3.63) is 0 Å². The molecular weight excluding hydrogens is 224 g/mol. The van der Waals surface area contributed by atoms with Crippen LogP contribution in [0.5, 0.6) is 0 Å². The van der Waals surface area contributed by atoms with Crippen LogP contribution in [0, 0.1) is 5.92 Å². The van der Waals surface area contributed by atoms with E-state index in [4.69, 9.17) is 10.2 Å². The summed E-state index contributed by atoms with van der Waals surface area (Å²) >= 11 is 0. The lowest BCUT2D eigenvalue weighted by Gasteiger charge is -2.23. The molecule has 6 nitrogen and oxygen atoms in total. The topological polar surface area (TPSA) is 98.7 Å². The molecule has 0 aromatic rings. The number of aliphatic hydroxyl groups is 1. The van der Waals surface area contributed by atoms with Crippen LogP contribution in [0.3, 0.4) is 0 Å². The molecule has 17 heavy (non-hydrogen) atoms. The van der Waals surface area contributed by atoms with Gasteiger partial charge in [-0.25, -0.2) is 4.79 Å². The normalized spacial score (nSPS) is 21.8. The van der Waals surface area contributed by atoms with E-state index in [0.29, 0.717) is 6.42 Å². The Morgan fingerprint density at radius 3 is 2.76 bits per heavy atom. The van der Waals surface area contributed by atoms with E-state index in [1.165, 1.54) is 0 Å². The quantitative estimate of drug-likeness (QED) is 0.496. The number of hydrogen-bond donors (Lipinski definition) is 4. The van der Waals surface area contributed by atoms with Crippen LogP contribution in [0.25, 0.3) is 0 Å². The van der Waals surface area contributed by atoms with Crippen molar-refractivity contribution in [2.45, 2.75) is 31.7 Å². The Bertz CT molecular complexity index is 264. The van der Waals surface area contributed by atoms with Gasteiger partial charge >= 0.3 is 5.97 Å². The third-order valence-corrected chi connectivity index (χ3v) is 2.92. The lowest BCUT2D eigenvalue weighted by molar-refractivity contribution is -0.142. The van der Waals surface area contributed by atoms with Gasteiger partial charge in [-0.15, -0.1) is 0 Å². The summed E-state index contributed by atoms with van der Waals surface area (Å²) in [6, 6.07) is -0.982. The summed E-state index contributed by atoms with van der Waals surface area (Å²) in [7, 11) is 0. The maximum absolute atomic E-state index is 11.6. The lowest BCUT2D eigenvalue weighted by Crippen LogP contribution is -2.43. The highest BCUT2D eigenvalue weighted by Crippen LogP contribution is 2.13. The predicted octanol–water partition coefficient (Wildman–Crippen LogP) is -0.672. The van der Waals surface area contributed by atoms with Crippen molar-refractivity contribution in [2.24, 2.45) is 5.92 Å². The largest absolute Gasteiger partial charge is 0.480 e. The first kappa shape index (κ1) is 13.9. The Balaban J connectivity index is 2.33. The van der Waals surface area contributed by atoms with Crippen molar-refractivity contribution in [3.8, 4) is 0 Å². The summed E-state index contributed by atoms with van der Waals surface area (Å²) in [5.41, 5.74) is 0. The highest BCUT2D eigenvalue weighted by molar-refractivity contribution is 5.83. The number of aliphatic hydroxyl groups excluding tert-OH is 1. The van der Waals surface area contributed by atoms with Gasteiger partial charge in [0, 0.05) is 19.4 Å². The van der Waals surface area contributed by atoms with Crippen LogP contribution < -0.4 is 10.6 Å². The van der Waals surface area contributed by atoms with Crippen LogP contribution in [0.1, 0.15) is 25.7 Å². The molecular formula is C11H20N2O4. The minimum atomic E-state index is -1.10. The van der Waals surface area contributed by atoms with Crippen molar-refractivity contribution in [1.29, 1.82) is 0 Å². The second-order valence-corrected chi connectivity index (χ2v) is 4.39. The van der Waals surface area contributed by atoms with Crippen LogP contribution in [-0.4, -0.2) is 47.8 Å². The summed E-state index contributed by atoms with van der Waals surface area (Å²) in [4.78, 5) is 22.4. The molecule has 0 aliphatic carbocycles. The van der Waals surface area contributed by atoms with E-state index in [-0.39, 0.29) is 24.9 Å². The van der Waals surface area contributed by atoms with Gasteiger partial charge < -0.3 is 20.8 Å². The number of carboxylic acid groups (broad SMARTS) is 1. The molecule has 1 amide bonds. The average molecular weight is 244 g/mol. The number of hydrogen-bond acceptors (Lipinski definition) is 4. The fourth-order valence-corrected chi connectivity index (χ4v) is 2.00. The first-order valence-electron chi connectivity index (χ1n) is 5.97. The van der Waals surface area contributed by atoms with E-state index in [1.54, 1.807) is 0 Å². The van der Waals surface area contributed by atoms with E-state index in [9.17, 15) is 9.59 Å². The van der Waals surface area contributed by atoms with Crippen LogP contribution in [0.2, 0.25) is 0 Å². The molecule has 0 radical (unpaired) electrons. The number of amides is 1. The average Bonchev–Trinajstić information content (AvgIpc) is 2.29. The molecule has 2 unspecified atom stereocenters. The maximum Gasteiger partial charge on any atom is 0.326 e. The van der Waals surface area contributed by atoms with Gasteiger partial charge in [-0.1, -0.05) is 0 Å². The molecule has 0 aromatic heterocycles. The third kappa shape index (κ3) is 5.14. The Kier molecular flexibility index (Phi) is 5.93. The molecule has 0 bridgehead atoms. The van der Waals surface area contributed by atoms with E-state index in [1.807, 2.05) is 0 Å². The summed E-state index contributed by atoms with van der Waals surface area (Å²) in [6.07, 6.45) is 2.45. The van der Waals surface area contributed by atoms with Crippen LogP contribution in [-0.2, 0) is 9.59 Å². The van der Waals surface area contributed by atoms with Crippen molar-refractivity contribution < 1.29 is 19.8 Å². The third-order valence-electron chi connectivity index (χ3n) is 2.92. The van der Waals surface area contributed by atoms with Gasteiger partial charge in [-0.2, -0.15) is 0 Å². The minimum absolute atomic E-state index is 0.0456. The Labute approximate surface area is 100 Å².